The van der Waals surface area contributed by atoms with Crippen LogP contribution < -0.4 is 11.3 Å². The summed E-state index contributed by atoms with van der Waals surface area (Å²) >= 11 is 0. The molecule has 0 saturated carbocycles. The second-order valence-electron chi connectivity index (χ2n) is 1.12. The van der Waals surface area contributed by atoms with Crippen molar-refractivity contribution in [1.29, 1.82) is 0 Å². The van der Waals surface area contributed by atoms with Crippen LogP contribution in [0.1, 0.15) is 6.92 Å². The lowest BCUT2D eigenvalue weighted by molar-refractivity contribution is -0.125. The molecule has 0 rings (SSSR count). The molecule has 0 aliphatic carbocycles. The van der Waals surface area contributed by atoms with Gasteiger partial charge >= 0.3 is 0 Å². The molecule has 0 aromatic carbocycles. The summed E-state index contributed by atoms with van der Waals surface area (Å²) in [6, 6.07) is 0. The predicted octanol–water partition coefficient (Wildman–Crippen LogP) is -0.666. The van der Waals surface area contributed by atoms with Crippen LogP contribution in [-0.2, 0) is 4.79 Å². The lowest BCUT2D eigenvalue weighted by Gasteiger charge is -1.95. The van der Waals surface area contributed by atoms with Gasteiger partial charge in [0, 0.05) is 0 Å². The number of rotatable bonds is 1. The van der Waals surface area contributed by atoms with Gasteiger partial charge in [-0.2, -0.15) is 0 Å². The van der Waals surface area contributed by atoms with E-state index in [1.54, 1.807) is 5.43 Å². The first kappa shape index (κ1) is 6.36. The zero-order chi connectivity index (χ0) is 5.86. The Morgan fingerprint density at radius 1 is 2.00 bits per heavy atom. The van der Waals surface area contributed by atoms with Gasteiger partial charge in [0.25, 0.3) is 5.91 Å². The summed E-state index contributed by atoms with van der Waals surface area (Å²) < 4.78 is 11.6. The molecule has 4 heteroatoms. The van der Waals surface area contributed by atoms with Crippen molar-refractivity contribution < 1.29 is 9.18 Å². The average Bonchev–Trinajstić information content (AvgIpc) is 1.65. The summed E-state index contributed by atoms with van der Waals surface area (Å²) in [7, 11) is 0. The zero-order valence-corrected chi connectivity index (χ0v) is 3.94. The quantitative estimate of drug-likeness (QED) is 0.265. The molecule has 0 saturated heterocycles. The maximum Gasteiger partial charge on any atom is 0.268 e. The third-order valence-electron chi connectivity index (χ3n) is 0.504. The Kier molecular flexibility index (Phi) is 2.29. The van der Waals surface area contributed by atoms with Crippen LogP contribution in [0.5, 0.6) is 0 Å². The van der Waals surface area contributed by atoms with Gasteiger partial charge in [0.05, 0.1) is 0 Å². The molecule has 0 aliphatic heterocycles. The molecule has 42 valence electrons. The number of nitrogens with two attached hydrogens (primary N) is 1. The van der Waals surface area contributed by atoms with E-state index in [1.807, 2.05) is 0 Å². The number of hydrogen-bond donors (Lipinski definition) is 2. The van der Waals surface area contributed by atoms with Crippen molar-refractivity contribution in [2.45, 2.75) is 13.1 Å². The number of nitrogens with one attached hydrogen (secondary N) is 1. The van der Waals surface area contributed by atoms with Gasteiger partial charge in [-0.05, 0) is 6.92 Å². The van der Waals surface area contributed by atoms with Crippen LogP contribution in [0.2, 0.25) is 0 Å². The Balaban J connectivity index is 3.35. The molecule has 0 aromatic heterocycles. The fourth-order valence-corrected chi connectivity index (χ4v) is 0.115. The maximum atomic E-state index is 11.6. The van der Waals surface area contributed by atoms with Crippen LogP contribution in [0, 0.1) is 0 Å². The highest BCUT2D eigenvalue weighted by atomic mass is 19.1. The van der Waals surface area contributed by atoms with Crippen LogP contribution in [0.3, 0.4) is 0 Å². The molecule has 0 spiro atoms. The average molecular weight is 106 g/mol. The summed E-state index contributed by atoms with van der Waals surface area (Å²) in [5.74, 6) is 3.74. The molecule has 0 fully saturated rings. The topological polar surface area (TPSA) is 55.1 Å². The molecule has 1 amide bonds. The van der Waals surface area contributed by atoms with Crippen LogP contribution in [0.25, 0.3) is 0 Å². The first-order valence-electron chi connectivity index (χ1n) is 1.83. The lowest BCUT2D eigenvalue weighted by Crippen LogP contribution is -2.35. The van der Waals surface area contributed by atoms with E-state index in [1.165, 1.54) is 0 Å². The van der Waals surface area contributed by atoms with E-state index in [0.29, 0.717) is 0 Å². The maximum absolute atomic E-state index is 11.6. The number of amides is 1. The van der Waals surface area contributed by atoms with Crippen molar-refractivity contribution in [3.05, 3.63) is 0 Å². The van der Waals surface area contributed by atoms with Crippen molar-refractivity contribution >= 4 is 5.91 Å². The van der Waals surface area contributed by atoms with Gasteiger partial charge in [0.1, 0.15) is 0 Å². The van der Waals surface area contributed by atoms with Crippen LogP contribution >= 0.6 is 0 Å². The Morgan fingerprint density at radius 3 is 2.43 bits per heavy atom. The fourth-order valence-electron chi connectivity index (χ4n) is 0.115. The molecule has 3 nitrogen and oxygen atoms in total. The number of carbonyl (C=O) groups excluding carboxylic acids is 1. The Labute approximate surface area is 40.7 Å². The minimum absolute atomic E-state index is 0.792. The van der Waals surface area contributed by atoms with Gasteiger partial charge in [-0.15, -0.1) is 0 Å². The largest absolute Gasteiger partial charge is 0.292 e. The lowest BCUT2D eigenvalue weighted by atomic mass is 10.4. The monoisotopic (exact) mass is 106 g/mol. The minimum atomic E-state index is -1.51. The number of alkyl halides is 1. The van der Waals surface area contributed by atoms with Gasteiger partial charge < -0.3 is 0 Å². The highest BCUT2D eigenvalue weighted by Gasteiger charge is 2.05. The predicted molar refractivity (Wildman–Crippen MR) is 22.9 cm³/mol. The van der Waals surface area contributed by atoms with Crippen LogP contribution in [0.15, 0.2) is 0 Å². The van der Waals surface area contributed by atoms with Crippen molar-refractivity contribution in [3.63, 3.8) is 0 Å². The standard InChI is InChI=1S/C3H7FN2O/c1-2(4)3(7)6-5/h2H,5H2,1H3,(H,6,7)/t2-/m1/s1. The summed E-state index contributed by atoms with van der Waals surface area (Å²) in [6.07, 6.45) is -1.51. The molecular formula is C3H7FN2O. The van der Waals surface area contributed by atoms with Crippen molar-refractivity contribution in [3.8, 4) is 0 Å². The Hall–Kier alpha value is -0.640. The molecule has 0 heterocycles. The second-order valence-corrected chi connectivity index (χ2v) is 1.12. The fraction of sp³-hybridized carbons (Fsp3) is 0.667. The van der Waals surface area contributed by atoms with E-state index in [9.17, 15) is 9.18 Å². The third kappa shape index (κ3) is 2.11. The highest BCUT2D eigenvalue weighted by Crippen LogP contribution is 1.83. The molecule has 0 unspecified atom stereocenters. The van der Waals surface area contributed by atoms with Crippen molar-refractivity contribution in [2.75, 3.05) is 0 Å². The molecule has 3 N–H and O–H groups in total. The van der Waals surface area contributed by atoms with Gasteiger partial charge in [-0.1, -0.05) is 0 Å². The van der Waals surface area contributed by atoms with E-state index >= 15 is 0 Å². The molecule has 0 aliphatic rings. The summed E-state index contributed by atoms with van der Waals surface area (Å²) in [6.45, 7) is 1.11. The molecule has 7 heavy (non-hydrogen) atoms. The van der Waals surface area contributed by atoms with E-state index in [2.05, 4.69) is 5.84 Å². The summed E-state index contributed by atoms with van der Waals surface area (Å²) in [4.78, 5) is 9.90. The number of halogens is 1. The Morgan fingerprint density at radius 2 is 2.43 bits per heavy atom. The Bertz CT molecular complexity index is 73.3. The van der Waals surface area contributed by atoms with Crippen molar-refractivity contribution in [1.82, 2.24) is 5.43 Å². The minimum Gasteiger partial charge on any atom is -0.292 e. The molecule has 0 bridgehead atoms. The van der Waals surface area contributed by atoms with Gasteiger partial charge in [0.2, 0.25) is 0 Å². The van der Waals surface area contributed by atoms with Gasteiger partial charge in [0.15, 0.2) is 6.17 Å². The first-order chi connectivity index (χ1) is 3.18. The van der Waals surface area contributed by atoms with E-state index in [4.69, 9.17) is 0 Å². The zero-order valence-electron chi connectivity index (χ0n) is 3.94. The van der Waals surface area contributed by atoms with Gasteiger partial charge in [-0.3, -0.25) is 10.2 Å². The number of hydrazine groups is 1. The van der Waals surface area contributed by atoms with E-state index < -0.39 is 12.1 Å². The number of carbonyl (C=O) groups is 1. The summed E-state index contributed by atoms with van der Waals surface area (Å²) in [5, 5.41) is 0. The molecular weight excluding hydrogens is 99.0 g/mol. The molecule has 0 radical (unpaired) electrons. The van der Waals surface area contributed by atoms with Crippen molar-refractivity contribution in [2.24, 2.45) is 5.84 Å². The highest BCUT2D eigenvalue weighted by molar-refractivity contribution is 5.79. The summed E-state index contributed by atoms with van der Waals surface area (Å²) in [5.41, 5.74) is 1.65. The van der Waals surface area contributed by atoms with E-state index in [0.717, 1.165) is 6.92 Å². The normalized spacial score (nSPS) is 13.0. The molecule has 1 atom stereocenters. The van der Waals surface area contributed by atoms with Gasteiger partial charge in [-0.25, -0.2) is 10.2 Å². The smallest absolute Gasteiger partial charge is 0.268 e. The van der Waals surface area contributed by atoms with Crippen LogP contribution in [-0.4, -0.2) is 12.1 Å². The van der Waals surface area contributed by atoms with E-state index in [-0.39, 0.29) is 0 Å². The SMILES string of the molecule is C[C@@H](F)C(=O)NN. The number of hydrogen-bond acceptors (Lipinski definition) is 2. The second kappa shape index (κ2) is 2.52. The third-order valence-corrected chi connectivity index (χ3v) is 0.504. The molecule has 0 aromatic rings. The van der Waals surface area contributed by atoms with Crippen LogP contribution in [0.4, 0.5) is 4.39 Å². The first-order valence-corrected chi connectivity index (χ1v) is 1.83.